The summed E-state index contributed by atoms with van der Waals surface area (Å²) in [6, 6.07) is 4.62. The third-order valence-electron chi connectivity index (χ3n) is 2.60. The number of rotatable bonds is 3. The number of ether oxygens (including phenoxy) is 1. The summed E-state index contributed by atoms with van der Waals surface area (Å²) in [4.78, 5) is 11.3. The molecule has 0 aliphatic carbocycles. The summed E-state index contributed by atoms with van der Waals surface area (Å²) in [5, 5.41) is 0. The predicted molar refractivity (Wildman–Crippen MR) is 65.5 cm³/mol. The van der Waals surface area contributed by atoms with Gasteiger partial charge in [-0.2, -0.15) is 0 Å². The number of hydrogen-bond donors (Lipinski definition) is 0. The van der Waals surface area contributed by atoms with E-state index in [4.69, 9.17) is 0 Å². The van der Waals surface area contributed by atoms with Gasteiger partial charge < -0.3 is 4.74 Å². The molecular weight excluding hydrogens is 219 g/mol. The fourth-order valence-electron chi connectivity index (χ4n) is 1.51. The molecule has 0 heterocycles. The zero-order chi connectivity index (χ0) is 13.1. The monoisotopic (exact) mass is 238 g/mol. The summed E-state index contributed by atoms with van der Waals surface area (Å²) >= 11 is 0. The predicted octanol–water partition coefficient (Wildman–Crippen LogP) is 3.59. The van der Waals surface area contributed by atoms with Gasteiger partial charge in [-0.25, -0.2) is 9.18 Å². The largest absolute Gasteiger partial charge is 0.465 e. The Balaban J connectivity index is 2.86. The molecule has 0 aromatic heterocycles. The van der Waals surface area contributed by atoms with Crippen LogP contribution in [0.1, 0.15) is 43.1 Å². The number of halogens is 1. The fraction of sp³-hybridized carbons (Fsp3) is 0.500. The van der Waals surface area contributed by atoms with Crippen molar-refractivity contribution >= 4 is 5.97 Å². The summed E-state index contributed by atoms with van der Waals surface area (Å²) < 4.78 is 17.9. The molecule has 17 heavy (non-hydrogen) atoms. The molecule has 0 unspecified atom stereocenters. The molecule has 0 radical (unpaired) electrons. The van der Waals surface area contributed by atoms with E-state index in [2.05, 4.69) is 25.5 Å². The average molecular weight is 238 g/mol. The molecular formula is C14H19FO2. The molecule has 0 saturated carbocycles. The summed E-state index contributed by atoms with van der Waals surface area (Å²) in [5.41, 5.74) is 1.19. The topological polar surface area (TPSA) is 26.3 Å². The van der Waals surface area contributed by atoms with Gasteiger partial charge in [0.25, 0.3) is 0 Å². The van der Waals surface area contributed by atoms with Gasteiger partial charge in [-0.05, 0) is 36.0 Å². The Hall–Kier alpha value is -1.38. The number of methoxy groups -OCH3 is 1. The number of aryl methyl sites for hydroxylation is 1. The lowest BCUT2D eigenvalue weighted by Gasteiger charge is -2.17. The highest BCUT2D eigenvalue weighted by atomic mass is 19.1. The first-order valence-corrected chi connectivity index (χ1v) is 5.70. The molecule has 1 rings (SSSR count). The first-order valence-electron chi connectivity index (χ1n) is 5.70. The second-order valence-corrected chi connectivity index (χ2v) is 5.37. The van der Waals surface area contributed by atoms with Gasteiger partial charge in [-0.1, -0.05) is 26.8 Å². The van der Waals surface area contributed by atoms with Crippen LogP contribution in [0.5, 0.6) is 0 Å². The van der Waals surface area contributed by atoms with Crippen molar-refractivity contribution < 1.29 is 13.9 Å². The minimum absolute atomic E-state index is 0.0129. The van der Waals surface area contributed by atoms with E-state index in [-0.39, 0.29) is 11.0 Å². The molecule has 1 aromatic rings. The van der Waals surface area contributed by atoms with Crippen molar-refractivity contribution in [3.63, 3.8) is 0 Å². The number of carbonyl (C=O) groups excluding carboxylic acids is 1. The van der Waals surface area contributed by atoms with Gasteiger partial charge in [0.05, 0.1) is 12.7 Å². The zero-order valence-corrected chi connectivity index (χ0v) is 10.8. The van der Waals surface area contributed by atoms with Crippen LogP contribution in [0.4, 0.5) is 4.39 Å². The smallest absolute Gasteiger partial charge is 0.340 e. The number of benzene rings is 1. The second-order valence-electron chi connectivity index (χ2n) is 5.37. The number of esters is 1. The van der Waals surface area contributed by atoms with Crippen LogP contribution in [0.25, 0.3) is 0 Å². The third-order valence-corrected chi connectivity index (χ3v) is 2.60. The lowest BCUT2D eigenvalue weighted by molar-refractivity contribution is 0.0595. The number of carbonyl (C=O) groups is 1. The summed E-state index contributed by atoms with van der Waals surface area (Å²) in [6.45, 7) is 6.45. The molecule has 0 aliphatic rings. The highest BCUT2D eigenvalue weighted by molar-refractivity contribution is 5.89. The Morgan fingerprint density at radius 1 is 1.35 bits per heavy atom. The maximum atomic E-state index is 13.4. The summed E-state index contributed by atoms with van der Waals surface area (Å²) in [5.74, 6) is -1.16. The Bertz CT molecular complexity index is 405. The molecule has 0 saturated heterocycles. The van der Waals surface area contributed by atoms with Crippen molar-refractivity contribution in [2.24, 2.45) is 5.41 Å². The van der Waals surface area contributed by atoms with Crippen molar-refractivity contribution in [3.05, 3.63) is 35.1 Å². The van der Waals surface area contributed by atoms with E-state index < -0.39 is 11.8 Å². The molecule has 2 nitrogen and oxygen atoms in total. The van der Waals surface area contributed by atoms with Crippen molar-refractivity contribution in [2.75, 3.05) is 7.11 Å². The average Bonchev–Trinajstić information content (AvgIpc) is 2.26. The molecule has 3 heteroatoms. The maximum Gasteiger partial charge on any atom is 0.340 e. The Labute approximate surface area is 102 Å². The van der Waals surface area contributed by atoms with E-state index in [0.717, 1.165) is 18.4 Å². The van der Waals surface area contributed by atoms with E-state index in [1.54, 1.807) is 12.1 Å². The fourth-order valence-corrected chi connectivity index (χ4v) is 1.51. The second kappa shape index (κ2) is 5.30. The highest BCUT2D eigenvalue weighted by Crippen LogP contribution is 2.22. The molecule has 1 aromatic carbocycles. The molecule has 0 atom stereocenters. The minimum atomic E-state index is -0.625. The lowest BCUT2D eigenvalue weighted by atomic mass is 9.88. The van der Waals surface area contributed by atoms with Crippen molar-refractivity contribution in [2.45, 2.75) is 33.6 Å². The Morgan fingerprint density at radius 3 is 2.53 bits per heavy atom. The Kier molecular flexibility index (Phi) is 4.27. The van der Waals surface area contributed by atoms with E-state index in [1.807, 2.05) is 0 Å². The number of hydrogen-bond acceptors (Lipinski definition) is 2. The molecule has 0 spiro atoms. The minimum Gasteiger partial charge on any atom is -0.465 e. The van der Waals surface area contributed by atoms with Crippen LogP contribution in [0.3, 0.4) is 0 Å². The van der Waals surface area contributed by atoms with Gasteiger partial charge in [0.2, 0.25) is 0 Å². The van der Waals surface area contributed by atoms with E-state index in [9.17, 15) is 9.18 Å². The molecule has 0 amide bonds. The summed E-state index contributed by atoms with van der Waals surface area (Å²) in [6.07, 6.45) is 1.81. The lowest BCUT2D eigenvalue weighted by Crippen LogP contribution is -2.08. The third kappa shape index (κ3) is 4.17. The van der Waals surface area contributed by atoms with E-state index in [1.165, 1.54) is 13.2 Å². The first-order chi connectivity index (χ1) is 7.83. The molecule has 0 aliphatic heterocycles. The van der Waals surface area contributed by atoms with Gasteiger partial charge in [0, 0.05) is 0 Å². The van der Waals surface area contributed by atoms with Crippen LogP contribution in [-0.2, 0) is 11.2 Å². The molecule has 94 valence electrons. The maximum absolute atomic E-state index is 13.4. The van der Waals surface area contributed by atoms with Crippen molar-refractivity contribution in [3.8, 4) is 0 Å². The zero-order valence-electron chi connectivity index (χ0n) is 10.8. The van der Waals surface area contributed by atoms with Crippen molar-refractivity contribution in [1.29, 1.82) is 0 Å². The van der Waals surface area contributed by atoms with Crippen LogP contribution in [0.2, 0.25) is 0 Å². The van der Waals surface area contributed by atoms with Gasteiger partial charge in [-0.15, -0.1) is 0 Å². The van der Waals surface area contributed by atoms with Crippen LogP contribution in [0, 0.1) is 11.2 Å². The van der Waals surface area contributed by atoms with Gasteiger partial charge in [-0.3, -0.25) is 0 Å². The van der Waals surface area contributed by atoms with E-state index in [0.29, 0.717) is 0 Å². The summed E-state index contributed by atoms with van der Waals surface area (Å²) in [7, 11) is 1.25. The van der Waals surface area contributed by atoms with Crippen LogP contribution in [0.15, 0.2) is 18.2 Å². The quantitative estimate of drug-likeness (QED) is 0.752. The Morgan fingerprint density at radius 2 is 2.00 bits per heavy atom. The normalized spacial score (nSPS) is 11.4. The standard InChI is InChI=1S/C14H19FO2/c1-14(2,3)8-7-10-5-6-12(15)11(9-10)13(16)17-4/h5-6,9H,7-8H2,1-4H3. The first kappa shape index (κ1) is 13.7. The molecule has 0 bridgehead atoms. The van der Waals surface area contributed by atoms with Gasteiger partial charge in [0.15, 0.2) is 0 Å². The SMILES string of the molecule is COC(=O)c1cc(CCC(C)(C)C)ccc1F. The van der Waals surface area contributed by atoms with Crippen LogP contribution in [-0.4, -0.2) is 13.1 Å². The molecule has 0 fully saturated rings. The van der Waals surface area contributed by atoms with Crippen molar-refractivity contribution in [1.82, 2.24) is 0 Å². The van der Waals surface area contributed by atoms with Crippen LogP contribution < -0.4 is 0 Å². The van der Waals surface area contributed by atoms with E-state index >= 15 is 0 Å². The van der Waals surface area contributed by atoms with Gasteiger partial charge >= 0.3 is 5.97 Å². The highest BCUT2D eigenvalue weighted by Gasteiger charge is 2.14. The van der Waals surface area contributed by atoms with Crippen LogP contribution >= 0.6 is 0 Å². The van der Waals surface area contributed by atoms with Gasteiger partial charge in [0.1, 0.15) is 5.82 Å². The molecule has 0 N–H and O–H groups in total.